The maximum Gasteiger partial charge on any atom is 0.234 e. The largest absolute Gasteiger partial charge is 0.349 e. The zero-order chi connectivity index (χ0) is 9.68. The Hall–Kier alpha value is -0.830. The van der Waals surface area contributed by atoms with Crippen molar-refractivity contribution in [2.24, 2.45) is 5.92 Å². The van der Waals surface area contributed by atoms with Gasteiger partial charge in [0.25, 0.3) is 0 Å². The van der Waals surface area contributed by atoms with Gasteiger partial charge in [-0.15, -0.1) is 6.58 Å². The Balaban J connectivity index is 1.99. The van der Waals surface area contributed by atoms with E-state index in [1.165, 1.54) is 12.8 Å². The van der Waals surface area contributed by atoms with Crippen molar-refractivity contribution in [3.8, 4) is 0 Å². The van der Waals surface area contributed by atoms with Gasteiger partial charge < -0.3 is 10.6 Å². The quantitative estimate of drug-likeness (QED) is 0.593. The molecule has 0 heterocycles. The van der Waals surface area contributed by atoms with Crippen LogP contribution in [0.25, 0.3) is 0 Å². The van der Waals surface area contributed by atoms with Gasteiger partial charge in [-0.05, 0) is 32.2 Å². The predicted molar refractivity (Wildman–Crippen MR) is 53.4 cm³/mol. The van der Waals surface area contributed by atoms with E-state index in [1.807, 2.05) is 6.92 Å². The van der Waals surface area contributed by atoms with Crippen LogP contribution < -0.4 is 10.6 Å². The third kappa shape index (κ3) is 4.68. The molecule has 1 amide bonds. The molecule has 3 nitrogen and oxygen atoms in total. The van der Waals surface area contributed by atoms with Gasteiger partial charge in [-0.2, -0.15) is 0 Å². The van der Waals surface area contributed by atoms with Crippen molar-refractivity contribution in [2.75, 3.05) is 13.1 Å². The number of carbonyl (C=O) groups is 1. The molecule has 0 aromatic carbocycles. The number of nitrogens with one attached hydrogen (secondary N) is 2. The first-order valence-corrected chi connectivity index (χ1v) is 4.85. The fourth-order valence-electron chi connectivity index (χ4n) is 1.08. The monoisotopic (exact) mass is 182 g/mol. The van der Waals surface area contributed by atoms with Crippen molar-refractivity contribution < 1.29 is 4.79 Å². The van der Waals surface area contributed by atoms with E-state index in [4.69, 9.17) is 0 Å². The molecule has 3 heteroatoms. The smallest absolute Gasteiger partial charge is 0.234 e. The SMILES string of the molecule is C=CC(C)NC(=O)CNCC1CC1. The lowest BCUT2D eigenvalue weighted by molar-refractivity contribution is -0.120. The van der Waals surface area contributed by atoms with Crippen LogP contribution in [0.1, 0.15) is 19.8 Å². The van der Waals surface area contributed by atoms with Crippen molar-refractivity contribution >= 4 is 5.91 Å². The predicted octanol–water partition coefficient (Wildman–Crippen LogP) is 0.677. The maximum atomic E-state index is 11.2. The molecule has 1 aliphatic carbocycles. The van der Waals surface area contributed by atoms with Gasteiger partial charge in [0, 0.05) is 6.04 Å². The highest BCUT2D eigenvalue weighted by molar-refractivity contribution is 5.78. The van der Waals surface area contributed by atoms with Crippen molar-refractivity contribution in [3.05, 3.63) is 12.7 Å². The second-order valence-electron chi connectivity index (χ2n) is 3.67. The first-order chi connectivity index (χ1) is 6.22. The minimum Gasteiger partial charge on any atom is -0.349 e. The van der Waals surface area contributed by atoms with Gasteiger partial charge in [-0.25, -0.2) is 0 Å². The van der Waals surface area contributed by atoms with E-state index in [-0.39, 0.29) is 11.9 Å². The Morgan fingerprint density at radius 3 is 2.92 bits per heavy atom. The normalized spacial score (nSPS) is 17.9. The molecule has 13 heavy (non-hydrogen) atoms. The molecule has 1 fully saturated rings. The van der Waals surface area contributed by atoms with Crippen LogP contribution in [0.15, 0.2) is 12.7 Å². The molecule has 0 bridgehead atoms. The molecule has 0 radical (unpaired) electrons. The van der Waals surface area contributed by atoms with Crippen LogP contribution in [-0.4, -0.2) is 25.0 Å². The van der Waals surface area contributed by atoms with Crippen LogP contribution in [0.5, 0.6) is 0 Å². The molecule has 0 saturated heterocycles. The highest BCUT2D eigenvalue weighted by Gasteiger charge is 2.20. The summed E-state index contributed by atoms with van der Waals surface area (Å²) in [5, 5.41) is 5.93. The van der Waals surface area contributed by atoms with Gasteiger partial charge in [-0.3, -0.25) is 4.79 Å². The Morgan fingerprint density at radius 1 is 1.69 bits per heavy atom. The number of hydrogen-bond acceptors (Lipinski definition) is 2. The Bertz CT molecular complexity index is 187. The fraction of sp³-hybridized carbons (Fsp3) is 0.700. The molecule has 74 valence electrons. The lowest BCUT2D eigenvalue weighted by Crippen LogP contribution is -2.38. The summed E-state index contributed by atoms with van der Waals surface area (Å²) in [4.78, 5) is 11.2. The third-order valence-electron chi connectivity index (χ3n) is 2.16. The summed E-state index contributed by atoms with van der Waals surface area (Å²) < 4.78 is 0. The molecule has 1 aliphatic rings. The minimum atomic E-state index is 0.0491. The second kappa shape index (κ2) is 5.02. The average molecular weight is 182 g/mol. The first-order valence-electron chi connectivity index (χ1n) is 4.85. The summed E-state index contributed by atoms with van der Waals surface area (Å²) in [6.45, 7) is 6.91. The number of amides is 1. The third-order valence-corrected chi connectivity index (χ3v) is 2.16. The summed E-state index contributed by atoms with van der Waals surface area (Å²) >= 11 is 0. The highest BCUT2D eigenvalue weighted by atomic mass is 16.1. The van der Waals surface area contributed by atoms with Crippen LogP contribution in [0.2, 0.25) is 0 Å². The Labute approximate surface area is 79.6 Å². The molecule has 0 spiro atoms. The van der Waals surface area contributed by atoms with Crippen LogP contribution in [0, 0.1) is 5.92 Å². The summed E-state index contributed by atoms with van der Waals surface area (Å²) in [5.74, 6) is 0.873. The van der Waals surface area contributed by atoms with Gasteiger partial charge in [0.15, 0.2) is 0 Å². The second-order valence-corrected chi connectivity index (χ2v) is 3.67. The van der Waals surface area contributed by atoms with Crippen LogP contribution in [0.4, 0.5) is 0 Å². The lowest BCUT2D eigenvalue weighted by atomic mass is 10.3. The lowest BCUT2D eigenvalue weighted by Gasteiger charge is -2.09. The van der Waals surface area contributed by atoms with E-state index in [0.717, 1.165) is 12.5 Å². The first kappa shape index (κ1) is 10.3. The van der Waals surface area contributed by atoms with E-state index in [0.29, 0.717) is 6.54 Å². The van der Waals surface area contributed by atoms with Crippen molar-refractivity contribution in [2.45, 2.75) is 25.8 Å². The number of hydrogen-bond donors (Lipinski definition) is 2. The molecule has 1 saturated carbocycles. The van der Waals surface area contributed by atoms with E-state index < -0.39 is 0 Å². The fourth-order valence-corrected chi connectivity index (χ4v) is 1.08. The van der Waals surface area contributed by atoms with E-state index >= 15 is 0 Å². The highest BCUT2D eigenvalue weighted by Crippen LogP contribution is 2.27. The Kier molecular flexibility index (Phi) is 3.96. The molecule has 1 atom stereocenters. The van der Waals surface area contributed by atoms with Crippen LogP contribution >= 0.6 is 0 Å². The molecular weight excluding hydrogens is 164 g/mol. The van der Waals surface area contributed by atoms with Crippen molar-refractivity contribution in [1.82, 2.24) is 10.6 Å². The van der Waals surface area contributed by atoms with Gasteiger partial charge in [0.1, 0.15) is 0 Å². The zero-order valence-corrected chi connectivity index (χ0v) is 8.18. The number of rotatable bonds is 6. The standard InChI is InChI=1S/C10H18N2O/c1-3-8(2)12-10(13)7-11-6-9-4-5-9/h3,8-9,11H,1,4-7H2,2H3,(H,12,13). The van der Waals surface area contributed by atoms with E-state index in [9.17, 15) is 4.79 Å². The number of carbonyl (C=O) groups excluding carboxylic acids is 1. The van der Waals surface area contributed by atoms with Gasteiger partial charge >= 0.3 is 0 Å². The maximum absolute atomic E-state index is 11.2. The summed E-state index contributed by atoms with van der Waals surface area (Å²) in [7, 11) is 0. The topological polar surface area (TPSA) is 41.1 Å². The molecule has 0 aromatic heterocycles. The van der Waals surface area contributed by atoms with Gasteiger partial charge in [0.05, 0.1) is 6.54 Å². The minimum absolute atomic E-state index is 0.0491. The average Bonchev–Trinajstić information content (AvgIpc) is 2.88. The van der Waals surface area contributed by atoms with Crippen LogP contribution in [-0.2, 0) is 4.79 Å². The van der Waals surface area contributed by atoms with Crippen molar-refractivity contribution in [1.29, 1.82) is 0 Å². The van der Waals surface area contributed by atoms with Gasteiger partial charge in [0.2, 0.25) is 5.91 Å². The van der Waals surface area contributed by atoms with E-state index in [1.54, 1.807) is 6.08 Å². The molecule has 0 aliphatic heterocycles. The van der Waals surface area contributed by atoms with Gasteiger partial charge in [-0.1, -0.05) is 6.08 Å². The van der Waals surface area contributed by atoms with Crippen molar-refractivity contribution in [3.63, 3.8) is 0 Å². The zero-order valence-electron chi connectivity index (χ0n) is 8.18. The molecule has 2 N–H and O–H groups in total. The molecular formula is C10H18N2O. The summed E-state index contributed by atoms with van der Waals surface area (Å²) in [5.41, 5.74) is 0. The summed E-state index contributed by atoms with van der Waals surface area (Å²) in [6, 6.07) is 0.0650. The molecule has 1 unspecified atom stereocenters. The summed E-state index contributed by atoms with van der Waals surface area (Å²) in [6.07, 6.45) is 4.36. The van der Waals surface area contributed by atoms with Crippen LogP contribution in [0.3, 0.4) is 0 Å². The Morgan fingerprint density at radius 2 is 2.38 bits per heavy atom. The van der Waals surface area contributed by atoms with E-state index in [2.05, 4.69) is 17.2 Å². The molecule has 0 aromatic rings. The molecule has 1 rings (SSSR count).